The monoisotopic (exact) mass is 184 g/mol. The van der Waals surface area contributed by atoms with Gasteiger partial charge in [-0.1, -0.05) is 0 Å². The zero-order chi connectivity index (χ0) is 9.42. The Bertz CT molecular complexity index is 303. The van der Waals surface area contributed by atoms with Gasteiger partial charge in [-0.3, -0.25) is 4.98 Å². The molecule has 1 fully saturated rings. The molecule has 1 aliphatic carbocycles. The van der Waals surface area contributed by atoms with E-state index >= 15 is 0 Å². The molecule has 0 aromatic carbocycles. The third kappa shape index (κ3) is 1.54. The van der Waals surface area contributed by atoms with Crippen LogP contribution < -0.4 is 5.73 Å². The molecule has 70 valence electrons. The van der Waals surface area contributed by atoms with Crippen LogP contribution in [-0.2, 0) is 0 Å². The Kier molecular flexibility index (Phi) is 2.00. The van der Waals surface area contributed by atoms with Gasteiger partial charge in [0.2, 0.25) is 0 Å². The first-order chi connectivity index (χ1) is 6.20. The maximum Gasteiger partial charge on any atom is 0.149 e. The van der Waals surface area contributed by atoms with E-state index in [4.69, 9.17) is 5.73 Å². The number of nitrogens with zero attached hydrogens (tertiary/aromatic N) is 1. The van der Waals surface area contributed by atoms with Gasteiger partial charge in [0.15, 0.2) is 0 Å². The summed E-state index contributed by atoms with van der Waals surface area (Å²) in [6.45, 7) is 0. The van der Waals surface area contributed by atoms with Gasteiger partial charge in [-0.15, -0.1) is 0 Å². The third-order valence-electron chi connectivity index (χ3n) is 2.35. The first-order valence-corrected chi connectivity index (χ1v) is 4.24. The van der Waals surface area contributed by atoms with Crippen LogP contribution in [0.25, 0.3) is 0 Å². The van der Waals surface area contributed by atoms with E-state index in [1.807, 2.05) is 0 Å². The van der Waals surface area contributed by atoms with Crippen LogP contribution in [0.1, 0.15) is 24.4 Å². The summed E-state index contributed by atoms with van der Waals surface area (Å²) in [6, 6.07) is -0.511. The molecule has 0 spiro atoms. The quantitative estimate of drug-likeness (QED) is 0.760. The molecule has 0 saturated heterocycles. The molecule has 1 saturated carbocycles. The van der Waals surface area contributed by atoms with Crippen LogP contribution in [0.3, 0.4) is 0 Å². The van der Waals surface area contributed by atoms with Crippen molar-refractivity contribution in [1.29, 1.82) is 0 Å². The zero-order valence-electron chi connectivity index (χ0n) is 7.00. The van der Waals surface area contributed by atoms with E-state index in [2.05, 4.69) is 4.98 Å². The van der Waals surface area contributed by atoms with Crippen LogP contribution in [0.15, 0.2) is 12.4 Å². The average molecular weight is 184 g/mol. The smallest absolute Gasteiger partial charge is 0.149 e. The Labute approximate surface area is 74.8 Å². The summed E-state index contributed by atoms with van der Waals surface area (Å²) in [6.07, 6.45) is 3.92. The highest BCUT2D eigenvalue weighted by molar-refractivity contribution is 5.21. The van der Waals surface area contributed by atoms with Crippen molar-refractivity contribution in [2.75, 3.05) is 0 Å². The van der Waals surface area contributed by atoms with Gasteiger partial charge < -0.3 is 5.73 Å². The highest BCUT2D eigenvalue weighted by Gasteiger charge is 2.32. The van der Waals surface area contributed by atoms with E-state index in [0.717, 1.165) is 25.2 Å². The summed E-state index contributed by atoms with van der Waals surface area (Å²) < 4.78 is 26.2. The molecule has 1 unspecified atom stereocenters. The maximum absolute atomic E-state index is 13.1. The molecule has 1 aromatic rings. The standard InChI is InChI=1S/C9H10F2N2/c10-6-3-13-4-7(11)8(6)9(12)5-1-2-5/h3-5,9H,1-2,12H2. The van der Waals surface area contributed by atoms with E-state index in [-0.39, 0.29) is 11.5 Å². The van der Waals surface area contributed by atoms with Crippen molar-refractivity contribution in [2.24, 2.45) is 11.7 Å². The molecule has 4 heteroatoms. The normalized spacial score (nSPS) is 18.7. The average Bonchev–Trinajstić information content (AvgIpc) is 2.85. The second kappa shape index (κ2) is 3.03. The van der Waals surface area contributed by atoms with Crippen molar-refractivity contribution >= 4 is 0 Å². The Morgan fingerprint density at radius 1 is 1.31 bits per heavy atom. The molecule has 2 rings (SSSR count). The summed E-state index contributed by atoms with van der Waals surface area (Å²) in [5.74, 6) is -1.04. The van der Waals surface area contributed by atoms with Gasteiger partial charge in [0, 0.05) is 11.6 Å². The maximum atomic E-state index is 13.1. The van der Waals surface area contributed by atoms with Gasteiger partial charge in [0.25, 0.3) is 0 Å². The third-order valence-corrected chi connectivity index (χ3v) is 2.35. The fourth-order valence-corrected chi connectivity index (χ4v) is 1.43. The molecule has 2 N–H and O–H groups in total. The Morgan fingerprint density at radius 2 is 1.85 bits per heavy atom. The lowest BCUT2D eigenvalue weighted by Gasteiger charge is -2.11. The van der Waals surface area contributed by atoms with Crippen LogP contribution in [0.5, 0.6) is 0 Å². The SMILES string of the molecule is NC(c1c(F)cncc1F)C1CC1. The summed E-state index contributed by atoms with van der Waals surface area (Å²) in [5.41, 5.74) is 5.68. The summed E-state index contributed by atoms with van der Waals surface area (Å²) in [4.78, 5) is 3.40. The number of nitrogens with two attached hydrogens (primary N) is 1. The second-order valence-electron chi connectivity index (χ2n) is 3.38. The van der Waals surface area contributed by atoms with E-state index in [0.29, 0.717) is 0 Å². The van der Waals surface area contributed by atoms with Gasteiger partial charge >= 0.3 is 0 Å². The predicted octanol–water partition coefficient (Wildman–Crippen LogP) is 1.77. The number of aromatic nitrogens is 1. The summed E-state index contributed by atoms with van der Waals surface area (Å²) in [5, 5.41) is 0. The summed E-state index contributed by atoms with van der Waals surface area (Å²) in [7, 11) is 0. The van der Waals surface area contributed by atoms with Gasteiger partial charge in [0.05, 0.1) is 12.4 Å². The Balaban J connectivity index is 2.36. The van der Waals surface area contributed by atoms with Crippen molar-refractivity contribution in [3.05, 3.63) is 29.6 Å². The van der Waals surface area contributed by atoms with Crippen LogP contribution in [0.2, 0.25) is 0 Å². The Morgan fingerprint density at radius 3 is 2.31 bits per heavy atom. The van der Waals surface area contributed by atoms with Crippen molar-refractivity contribution < 1.29 is 8.78 Å². The fraction of sp³-hybridized carbons (Fsp3) is 0.444. The minimum Gasteiger partial charge on any atom is -0.324 e. The number of pyridine rings is 1. The fourth-order valence-electron chi connectivity index (χ4n) is 1.43. The van der Waals surface area contributed by atoms with Crippen LogP contribution in [-0.4, -0.2) is 4.98 Å². The van der Waals surface area contributed by atoms with Gasteiger partial charge in [-0.2, -0.15) is 0 Å². The van der Waals surface area contributed by atoms with Crippen LogP contribution in [0, 0.1) is 17.6 Å². The largest absolute Gasteiger partial charge is 0.324 e. The topological polar surface area (TPSA) is 38.9 Å². The molecule has 1 atom stereocenters. The number of hydrogen-bond acceptors (Lipinski definition) is 2. The molecule has 1 heterocycles. The minimum atomic E-state index is -0.639. The highest BCUT2D eigenvalue weighted by Crippen LogP contribution is 2.40. The number of rotatable bonds is 2. The molecule has 1 aromatic heterocycles. The number of halogens is 2. The van der Waals surface area contributed by atoms with E-state index in [1.54, 1.807) is 0 Å². The van der Waals surface area contributed by atoms with Crippen LogP contribution in [0.4, 0.5) is 8.78 Å². The lowest BCUT2D eigenvalue weighted by molar-refractivity contribution is 0.497. The molecule has 2 nitrogen and oxygen atoms in total. The highest BCUT2D eigenvalue weighted by atomic mass is 19.1. The van der Waals surface area contributed by atoms with Crippen molar-refractivity contribution in [3.8, 4) is 0 Å². The first kappa shape index (κ1) is 8.56. The lowest BCUT2D eigenvalue weighted by Crippen LogP contribution is -2.16. The van der Waals surface area contributed by atoms with Gasteiger partial charge in [-0.05, 0) is 18.8 Å². The second-order valence-corrected chi connectivity index (χ2v) is 3.38. The van der Waals surface area contributed by atoms with Gasteiger partial charge in [0.1, 0.15) is 11.6 Å². The van der Waals surface area contributed by atoms with E-state index < -0.39 is 17.7 Å². The zero-order valence-corrected chi connectivity index (χ0v) is 7.00. The van der Waals surface area contributed by atoms with Gasteiger partial charge in [-0.25, -0.2) is 8.78 Å². The molecule has 1 aliphatic rings. The van der Waals surface area contributed by atoms with Crippen molar-refractivity contribution in [2.45, 2.75) is 18.9 Å². The lowest BCUT2D eigenvalue weighted by atomic mass is 10.0. The summed E-state index contributed by atoms with van der Waals surface area (Å²) >= 11 is 0. The molecular formula is C9H10F2N2. The molecule has 13 heavy (non-hydrogen) atoms. The molecule has 0 amide bonds. The minimum absolute atomic E-state index is 0.0162. The number of hydrogen-bond donors (Lipinski definition) is 1. The first-order valence-electron chi connectivity index (χ1n) is 4.24. The molecule has 0 aliphatic heterocycles. The van der Waals surface area contributed by atoms with E-state index in [1.165, 1.54) is 0 Å². The molecule has 0 bridgehead atoms. The Hall–Kier alpha value is -1.03. The van der Waals surface area contributed by atoms with Crippen LogP contribution >= 0.6 is 0 Å². The molecular weight excluding hydrogens is 174 g/mol. The molecule has 0 radical (unpaired) electrons. The predicted molar refractivity (Wildman–Crippen MR) is 43.8 cm³/mol. The van der Waals surface area contributed by atoms with Crippen molar-refractivity contribution in [1.82, 2.24) is 4.98 Å². The van der Waals surface area contributed by atoms with Crippen molar-refractivity contribution in [3.63, 3.8) is 0 Å². The van der Waals surface area contributed by atoms with E-state index in [9.17, 15) is 8.78 Å².